The SMILES string of the molecule is Nc1ccc(-c2nnc(N3CCCc4ccccc43)o2)cc1. The van der Waals surface area contributed by atoms with Gasteiger partial charge in [-0.3, -0.25) is 4.90 Å². The molecule has 0 aliphatic carbocycles. The molecule has 0 fully saturated rings. The largest absolute Gasteiger partial charge is 0.403 e. The highest BCUT2D eigenvalue weighted by Crippen LogP contribution is 2.33. The Balaban J connectivity index is 1.69. The van der Waals surface area contributed by atoms with Crippen molar-refractivity contribution in [3.8, 4) is 11.5 Å². The molecule has 110 valence electrons. The lowest BCUT2D eigenvalue weighted by Crippen LogP contribution is -2.24. The van der Waals surface area contributed by atoms with Gasteiger partial charge in [0.25, 0.3) is 0 Å². The summed E-state index contributed by atoms with van der Waals surface area (Å²) in [5.74, 6) is 0.512. The molecule has 0 saturated heterocycles. The third kappa shape index (κ3) is 2.20. The van der Waals surface area contributed by atoms with Crippen LogP contribution in [-0.4, -0.2) is 16.7 Å². The van der Waals surface area contributed by atoms with Gasteiger partial charge in [0.05, 0.1) is 0 Å². The number of nitrogens with zero attached hydrogens (tertiary/aromatic N) is 3. The highest BCUT2D eigenvalue weighted by atomic mass is 16.4. The second kappa shape index (κ2) is 5.18. The summed E-state index contributed by atoms with van der Waals surface area (Å²) < 4.78 is 5.87. The van der Waals surface area contributed by atoms with Gasteiger partial charge >= 0.3 is 6.01 Å². The molecule has 5 heteroatoms. The minimum atomic E-state index is 0.512. The summed E-state index contributed by atoms with van der Waals surface area (Å²) >= 11 is 0. The molecule has 0 unspecified atom stereocenters. The van der Waals surface area contributed by atoms with Gasteiger partial charge < -0.3 is 10.2 Å². The molecule has 0 radical (unpaired) electrons. The molecule has 2 aromatic carbocycles. The van der Waals surface area contributed by atoms with Crippen molar-refractivity contribution >= 4 is 17.4 Å². The lowest BCUT2D eigenvalue weighted by atomic mass is 10.0. The van der Waals surface area contributed by atoms with Crippen LogP contribution in [0, 0.1) is 0 Å². The zero-order chi connectivity index (χ0) is 14.9. The first-order chi connectivity index (χ1) is 10.8. The summed E-state index contributed by atoms with van der Waals surface area (Å²) in [4.78, 5) is 2.09. The summed E-state index contributed by atoms with van der Waals surface area (Å²) in [6.07, 6.45) is 2.17. The number of hydrogen-bond donors (Lipinski definition) is 1. The zero-order valence-electron chi connectivity index (χ0n) is 12.1. The summed E-state index contributed by atoms with van der Waals surface area (Å²) in [7, 11) is 0. The normalized spacial score (nSPS) is 13.9. The van der Waals surface area contributed by atoms with Crippen molar-refractivity contribution in [1.82, 2.24) is 10.2 Å². The molecule has 0 spiro atoms. The van der Waals surface area contributed by atoms with Crippen LogP contribution in [0.15, 0.2) is 52.9 Å². The second-order valence-corrected chi connectivity index (χ2v) is 5.40. The number of aryl methyl sites for hydroxylation is 1. The number of anilines is 3. The number of nitrogens with two attached hydrogens (primary N) is 1. The van der Waals surface area contributed by atoms with Gasteiger partial charge in [0.15, 0.2) is 0 Å². The standard InChI is InChI=1S/C17H16N4O/c18-14-9-7-13(8-10-14)16-19-20-17(22-16)21-11-3-5-12-4-1-2-6-15(12)21/h1-2,4,6-10H,3,5,11,18H2. The molecule has 0 atom stereocenters. The fraction of sp³-hybridized carbons (Fsp3) is 0.176. The lowest BCUT2D eigenvalue weighted by Gasteiger charge is -2.27. The Hall–Kier alpha value is -2.82. The van der Waals surface area contributed by atoms with E-state index in [4.69, 9.17) is 10.2 Å². The molecule has 1 aliphatic rings. The van der Waals surface area contributed by atoms with E-state index in [0.717, 1.165) is 30.6 Å². The van der Waals surface area contributed by atoms with Gasteiger partial charge in [0.2, 0.25) is 5.89 Å². The number of rotatable bonds is 2. The molecule has 22 heavy (non-hydrogen) atoms. The van der Waals surface area contributed by atoms with Crippen molar-refractivity contribution < 1.29 is 4.42 Å². The Bertz CT molecular complexity index is 794. The van der Waals surface area contributed by atoms with Gasteiger partial charge in [-0.1, -0.05) is 23.3 Å². The van der Waals surface area contributed by atoms with E-state index in [1.54, 1.807) is 0 Å². The van der Waals surface area contributed by atoms with Crippen LogP contribution in [0.2, 0.25) is 0 Å². The van der Waals surface area contributed by atoms with Crippen LogP contribution < -0.4 is 10.6 Å². The van der Waals surface area contributed by atoms with E-state index in [1.165, 1.54) is 5.56 Å². The molecule has 0 saturated carbocycles. The quantitative estimate of drug-likeness (QED) is 0.733. The third-order valence-electron chi connectivity index (χ3n) is 3.91. The maximum absolute atomic E-state index is 5.87. The van der Waals surface area contributed by atoms with Crippen molar-refractivity contribution in [1.29, 1.82) is 0 Å². The summed E-state index contributed by atoms with van der Waals surface area (Å²) in [5, 5.41) is 8.38. The Kier molecular flexibility index (Phi) is 3.04. The van der Waals surface area contributed by atoms with Gasteiger partial charge in [0, 0.05) is 23.5 Å². The number of para-hydroxylation sites is 1. The Morgan fingerprint density at radius 1 is 1.00 bits per heavy atom. The molecular weight excluding hydrogens is 276 g/mol. The molecule has 3 aromatic rings. The first kappa shape index (κ1) is 12.9. The van der Waals surface area contributed by atoms with Gasteiger partial charge in [-0.05, 0) is 48.7 Å². The zero-order valence-corrected chi connectivity index (χ0v) is 12.1. The van der Waals surface area contributed by atoms with Crippen LogP contribution >= 0.6 is 0 Å². The van der Waals surface area contributed by atoms with Crippen molar-refractivity contribution in [2.24, 2.45) is 0 Å². The first-order valence-electron chi connectivity index (χ1n) is 7.36. The molecule has 0 amide bonds. The number of nitrogen functional groups attached to an aromatic ring is 1. The Labute approximate surface area is 128 Å². The van der Waals surface area contributed by atoms with Crippen molar-refractivity contribution in [2.45, 2.75) is 12.8 Å². The third-order valence-corrected chi connectivity index (χ3v) is 3.91. The fourth-order valence-electron chi connectivity index (χ4n) is 2.80. The fourth-order valence-corrected chi connectivity index (χ4v) is 2.80. The van der Waals surface area contributed by atoms with Gasteiger partial charge in [0.1, 0.15) is 0 Å². The predicted octanol–water partition coefficient (Wildman–Crippen LogP) is 3.40. The van der Waals surface area contributed by atoms with Gasteiger partial charge in [-0.15, -0.1) is 5.10 Å². The molecule has 0 bridgehead atoms. The topological polar surface area (TPSA) is 68.2 Å². The van der Waals surface area contributed by atoms with Gasteiger partial charge in [-0.25, -0.2) is 0 Å². The van der Waals surface area contributed by atoms with Gasteiger partial charge in [-0.2, -0.15) is 0 Å². The van der Waals surface area contributed by atoms with Crippen LogP contribution in [0.25, 0.3) is 11.5 Å². The van der Waals surface area contributed by atoms with Crippen LogP contribution in [0.3, 0.4) is 0 Å². The average molecular weight is 292 g/mol. The van der Waals surface area contributed by atoms with E-state index >= 15 is 0 Å². The van der Waals surface area contributed by atoms with Crippen molar-refractivity contribution in [2.75, 3.05) is 17.2 Å². The van der Waals surface area contributed by atoms with Crippen LogP contribution in [-0.2, 0) is 6.42 Å². The number of fused-ring (bicyclic) bond motifs is 1. The van der Waals surface area contributed by atoms with Crippen molar-refractivity contribution in [3.05, 3.63) is 54.1 Å². The molecule has 1 aliphatic heterocycles. The number of aromatic nitrogens is 2. The monoisotopic (exact) mass is 292 g/mol. The van der Waals surface area contributed by atoms with E-state index in [0.29, 0.717) is 17.6 Å². The highest BCUT2D eigenvalue weighted by molar-refractivity contribution is 5.64. The molecule has 2 N–H and O–H groups in total. The van der Waals surface area contributed by atoms with E-state index in [9.17, 15) is 0 Å². The Morgan fingerprint density at radius 3 is 2.68 bits per heavy atom. The maximum Gasteiger partial charge on any atom is 0.323 e. The van der Waals surface area contributed by atoms with E-state index in [1.807, 2.05) is 30.3 Å². The summed E-state index contributed by atoms with van der Waals surface area (Å²) in [5.41, 5.74) is 9.77. The highest BCUT2D eigenvalue weighted by Gasteiger charge is 2.22. The predicted molar refractivity (Wildman–Crippen MR) is 85.9 cm³/mol. The lowest BCUT2D eigenvalue weighted by molar-refractivity contribution is 0.554. The van der Waals surface area contributed by atoms with E-state index in [-0.39, 0.29) is 0 Å². The second-order valence-electron chi connectivity index (χ2n) is 5.40. The van der Waals surface area contributed by atoms with E-state index in [2.05, 4.69) is 33.3 Å². The summed E-state index contributed by atoms with van der Waals surface area (Å²) in [6.45, 7) is 0.889. The van der Waals surface area contributed by atoms with E-state index < -0.39 is 0 Å². The van der Waals surface area contributed by atoms with Crippen molar-refractivity contribution in [3.63, 3.8) is 0 Å². The smallest absolute Gasteiger partial charge is 0.323 e. The summed E-state index contributed by atoms with van der Waals surface area (Å²) in [6, 6.07) is 16.3. The number of hydrogen-bond acceptors (Lipinski definition) is 5. The van der Waals surface area contributed by atoms with Crippen LogP contribution in [0.1, 0.15) is 12.0 Å². The number of benzene rings is 2. The molecule has 5 nitrogen and oxygen atoms in total. The molecule has 1 aromatic heterocycles. The van der Waals surface area contributed by atoms with Crippen LogP contribution in [0.5, 0.6) is 0 Å². The van der Waals surface area contributed by atoms with Crippen LogP contribution in [0.4, 0.5) is 17.4 Å². The Morgan fingerprint density at radius 2 is 1.82 bits per heavy atom. The molecule has 4 rings (SSSR count). The first-order valence-corrected chi connectivity index (χ1v) is 7.36. The molecule has 2 heterocycles. The minimum absolute atomic E-state index is 0.512. The molecular formula is C17H16N4O. The minimum Gasteiger partial charge on any atom is -0.403 e. The average Bonchev–Trinajstić information content (AvgIpc) is 3.05. The maximum atomic E-state index is 5.87.